The number of carboxylic acids is 1. The summed E-state index contributed by atoms with van der Waals surface area (Å²) in [6.45, 7) is 1.35. The van der Waals surface area contributed by atoms with Gasteiger partial charge in [0.2, 0.25) is 0 Å². The molecule has 7 nitrogen and oxygen atoms in total. The lowest BCUT2D eigenvalue weighted by molar-refractivity contribution is -0.0543. The van der Waals surface area contributed by atoms with Crippen molar-refractivity contribution >= 4 is 11.8 Å². The van der Waals surface area contributed by atoms with Crippen molar-refractivity contribution < 1.29 is 19.7 Å². The number of rotatable bonds is 4. The third kappa shape index (κ3) is 3.14. The minimum absolute atomic E-state index is 0.126. The summed E-state index contributed by atoms with van der Waals surface area (Å²) >= 11 is 0. The summed E-state index contributed by atoms with van der Waals surface area (Å²) < 4.78 is 5.17. The number of anilines is 1. The summed E-state index contributed by atoms with van der Waals surface area (Å²) in [7, 11) is 0. The van der Waals surface area contributed by atoms with E-state index in [0.717, 1.165) is 0 Å². The Morgan fingerprint density at radius 2 is 2.17 bits per heavy atom. The fraction of sp³-hybridized carbons (Fsp3) is 0.545. The van der Waals surface area contributed by atoms with E-state index < -0.39 is 11.6 Å². The van der Waals surface area contributed by atoms with Gasteiger partial charge in [0.1, 0.15) is 5.82 Å². The Kier molecular flexibility index (Phi) is 3.73. The normalized spacial score (nSPS) is 18.3. The molecule has 7 heteroatoms. The highest BCUT2D eigenvalue weighted by Gasteiger charge is 2.29. The summed E-state index contributed by atoms with van der Waals surface area (Å²) in [5.74, 6) is -0.786. The van der Waals surface area contributed by atoms with Crippen molar-refractivity contribution in [2.45, 2.75) is 18.4 Å². The van der Waals surface area contributed by atoms with Gasteiger partial charge in [0.25, 0.3) is 0 Å². The van der Waals surface area contributed by atoms with Crippen LogP contribution in [0.5, 0.6) is 0 Å². The second-order valence-corrected chi connectivity index (χ2v) is 4.28. The quantitative estimate of drug-likeness (QED) is 0.700. The number of aromatic nitrogens is 2. The van der Waals surface area contributed by atoms with E-state index in [1.165, 1.54) is 12.4 Å². The van der Waals surface area contributed by atoms with Gasteiger partial charge in [-0.25, -0.2) is 9.78 Å². The summed E-state index contributed by atoms with van der Waals surface area (Å²) in [6, 6.07) is 0. The number of aliphatic hydroxyl groups is 1. The van der Waals surface area contributed by atoms with Crippen LogP contribution in [-0.4, -0.2) is 51.5 Å². The van der Waals surface area contributed by atoms with Crippen molar-refractivity contribution in [3.8, 4) is 0 Å². The molecule has 0 spiro atoms. The van der Waals surface area contributed by atoms with Gasteiger partial charge in [-0.05, 0) is 0 Å². The summed E-state index contributed by atoms with van der Waals surface area (Å²) in [5.41, 5.74) is -0.960. The number of carboxylic acid groups (broad SMARTS) is 1. The Bertz CT molecular complexity index is 432. The van der Waals surface area contributed by atoms with Gasteiger partial charge in [-0.2, -0.15) is 0 Å². The molecule has 0 atom stereocenters. The fourth-order valence-electron chi connectivity index (χ4n) is 1.74. The standard InChI is InChI=1S/C11H15N3O4/c15-10(16)8-5-12-6-9(14-8)13-7-11(17)1-3-18-4-2-11/h5-6,17H,1-4,7H2,(H,13,14)(H,15,16). The molecule has 98 valence electrons. The predicted molar refractivity (Wildman–Crippen MR) is 62.5 cm³/mol. The molecule has 0 saturated carbocycles. The number of carbonyl (C=O) groups is 1. The molecule has 0 amide bonds. The Hall–Kier alpha value is -1.73. The van der Waals surface area contributed by atoms with Crippen LogP contribution >= 0.6 is 0 Å². The van der Waals surface area contributed by atoms with E-state index >= 15 is 0 Å². The third-order valence-electron chi connectivity index (χ3n) is 2.88. The van der Waals surface area contributed by atoms with E-state index in [1.807, 2.05) is 0 Å². The molecule has 1 aliphatic heterocycles. The van der Waals surface area contributed by atoms with E-state index in [4.69, 9.17) is 9.84 Å². The smallest absolute Gasteiger partial charge is 0.356 e. The highest BCUT2D eigenvalue weighted by molar-refractivity contribution is 5.85. The molecule has 1 aliphatic rings. The number of hydrogen-bond acceptors (Lipinski definition) is 6. The lowest BCUT2D eigenvalue weighted by atomic mass is 9.94. The Morgan fingerprint density at radius 1 is 1.44 bits per heavy atom. The SMILES string of the molecule is O=C(O)c1cncc(NCC2(O)CCOCC2)n1. The average Bonchev–Trinajstić information content (AvgIpc) is 2.38. The van der Waals surface area contributed by atoms with Crippen LogP contribution in [0.25, 0.3) is 0 Å². The molecule has 1 saturated heterocycles. The van der Waals surface area contributed by atoms with Gasteiger partial charge in [-0.1, -0.05) is 0 Å². The molecule has 0 radical (unpaired) electrons. The minimum atomic E-state index is -1.13. The molecular weight excluding hydrogens is 238 g/mol. The Balaban J connectivity index is 1.97. The van der Waals surface area contributed by atoms with Crippen molar-refractivity contribution in [2.75, 3.05) is 25.1 Å². The van der Waals surface area contributed by atoms with E-state index in [9.17, 15) is 9.90 Å². The van der Waals surface area contributed by atoms with Gasteiger partial charge in [0.05, 0.1) is 18.0 Å². The van der Waals surface area contributed by atoms with Crippen LogP contribution in [0.2, 0.25) is 0 Å². The zero-order valence-corrected chi connectivity index (χ0v) is 9.80. The number of ether oxygens (including phenoxy) is 1. The molecule has 2 rings (SSSR count). The van der Waals surface area contributed by atoms with Crippen LogP contribution in [0.3, 0.4) is 0 Å². The molecule has 1 fully saturated rings. The zero-order chi connectivity index (χ0) is 13.0. The van der Waals surface area contributed by atoms with Gasteiger partial charge >= 0.3 is 5.97 Å². The zero-order valence-electron chi connectivity index (χ0n) is 9.80. The van der Waals surface area contributed by atoms with Crippen LogP contribution in [0, 0.1) is 0 Å². The van der Waals surface area contributed by atoms with Crippen LogP contribution in [0.1, 0.15) is 23.3 Å². The predicted octanol–water partition coefficient (Wildman–Crippen LogP) is 0.128. The summed E-state index contributed by atoms with van der Waals surface area (Å²) in [5, 5.41) is 21.9. The van der Waals surface area contributed by atoms with Crippen molar-refractivity contribution in [1.29, 1.82) is 0 Å². The molecule has 0 aliphatic carbocycles. The van der Waals surface area contributed by atoms with E-state index in [1.54, 1.807) is 0 Å². The lowest BCUT2D eigenvalue weighted by Gasteiger charge is -2.32. The summed E-state index contributed by atoms with van der Waals surface area (Å²) in [4.78, 5) is 18.4. The largest absolute Gasteiger partial charge is 0.476 e. The topological polar surface area (TPSA) is 105 Å². The van der Waals surface area contributed by atoms with E-state index in [2.05, 4.69) is 15.3 Å². The van der Waals surface area contributed by atoms with Gasteiger partial charge in [-0.3, -0.25) is 4.98 Å². The van der Waals surface area contributed by atoms with Crippen LogP contribution in [-0.2, 0) is 4.74 Å². The molecule has 0 unspecified atom stereocenters. The molecule has 1 aromatic heterocycles. The Labute approximate surface area is 104 Å². The summed E-state index contributed by atoms with van der Waals surface area (Å²) in [6.07, 6.45) is 3.70. The highest BCUT2D eigenvalue weighted by Crippen LogP contribution is 2.20. The first-order valence-corrected chi connectivity index (χ1v) is 5.68. The number of hydrogen-bond donors (Lipinski definition) is 3. The maximum absolute atomic E-state index is 10.7. The highest BCUT2D eigenvalue weighted by atomic mass is 16.5. The number of nitrogens with one attached hydrogen (secondary N) is 1. The van der Waals surface area contributed by atoms with Crippen LogP contribution < -0.4 is 5.32 Å². The lowest BCUT2D eigenvalue weighted by Crippen LogP contribution is -2.42. The molecule has 18 heavy (non-hydrogen) atoms. The molecule has 1 aromatic rings. The van der Waals surface area contributed by atoms with Crippen LogP contribution in [0.4, 0.5) is 5.82 Å². The first kappa shape index (κ1) is 12.7. The van der Waals surface area contributed by atoms with E-state index in [0.29, 0.717) is 38.4 Å². The van der Waals surface area contributed by atoms with Gasteiger partial charge in [0.15, 0.2) is 5.69 Å². The second kappa shape index (κ2) is 5.28. The molecule has 3 N–H and O–H groups in total. The molecular formula is C11H15N3O4. The molecule has 0 bridgehead atoms. The number of aromatic carboxylic acids is 1. The van der Waals surface area contributed by atoms with Crippen LogP contribution in [0.15, 0.2) is 12.4 Å². The molecule has 2 heterocycles. The van der Waals surface area contributed by atoms with Crippen molar-refractivity contribution in [1.82, 2.24) is 9.97 Å². The Morgan fingerprint density at radius 3 is 2.83 bits per heavy atom. The molecule has 0 aromatic carbocycles. The van der Waals surface area contributed by atoms with E-state index in [-0.39, 0.29) is 5.69 Å². The monoisotopic (exact) mass is 253 g/mol. The second-order valence-electron chi connectivity index (χ2n) is 4.28. The maximum Gasteiger partial charge on any atom is 0.356 e. The van der Waals surface area contributed by atoms with Crippen molar-refractivity contribution in [3.05, 3.63) is 18.1 Å². The van der Waals surface area contributed by atoms with Gasteiger partial charge in [-0.15, -0.1) is 0 Å². The average molecular weight is 253 g/mol. The third-order valence-corrected chi connectivity index (χ3v) is 2.88. The number of nitrogens with zero attached hydrogens (tertiary/aromatic N) is 2. The van der Waals surface area contributed by atoms with Gasteiger partial charge < -0.3 is 20.3 Å². The fourth-order valence-corrected chi connectivity index (χ4v) is 1.74. The van der Waals surface area contributed by atoms with Gasteiger partial charge in [0, 0.05) is 32.6 Å². The first-order chi connectivity index (χ1) is 8.59. The first-order valence-electron chi connectivity index (χ1n) is 5.68. The van der Waals surface area contributed by atoms with Crippen molar-refractivity contribution in [3.63, 3.8) is 0 Å². The van der Waals surface area contributed by atoms with Crippen molar-refractivity contribution in [2.24, 2.45) is 0 Å². The maximum atomic E-state index is 10.7. The minimum Gasteiger partial charge on any atom is -0.476 e.